The summed E-state index contributed by atoms with van der Waals surface area (Å²) in [6.45, 7) is 6.83. The molecular weight excluding hydrogens is 212 g/mol. The smallest absolute Gasteiger partial charge is 0.146 e. The summed E-state index contributed by atoms with van der Waals surface area (Å²) in [4.78, 5) is -0.544. The molecule has 0 radical (unpaired) electrons. The van der Waals surface area contributed by atoms with Gasteiger partial charge in [0.25, 0.3) is 0 Å². The highest BCUT2D eigenvalue weighted by Gasteiger charge is 2.82. The molecule has 4 unspecified atom stereocenters. The van der Waals surface area contributed by atoms with Crippen molar-refractivity contribution in [2.24, 2.45) is 5.41 Å². The molecule has 78 valence electrons. The van der Waals surface area contributed by atoms with Crippen molar-refractivity contribution in [3.8, 4) is 0 Å². The first-order valence-electron chi connectivity index (χ1n) is 5.24. The van der Waals surface area contributed by atoms with E-state index in [1.165, 1.54) is 0 Å². The average Bonchev–Trinajstić information content (AvgIpc) is 2.94. The van der Waals surface area contributed by atoms with E-state index in [1.54, 1.807) is 11.8 Å². The molecule has 3 aliphatic rings. The highest BCUT2D eigenvalue weighted by atomic mass is 32.2. The van der Waals surface area contributed by atoms with Gasteiger partial charge in [-0.1, -0.05) is 26.8 Å². The minimum atomic E-state index is -0.544. The number of hydrogen-bond donors (Lipinski definition) is 1. The fraction of sp³-hybridized carbons (Fsp3) is 0.818. The fourth-order valence-corrected chi connectivity index (χ4v) is 6.35. The molecule has 2 heterocycles. The van der Waals surface area contributed by atoms with Crippen molar-refractivity contribution in [3.63, 3.8) is 0 Å². The molecule has 0 aromatic carbocycles. The molecule has 2 aliphatic heterocycles. The maximum Gasteiger partial charge on any atom is 0.146 e. The Morgan fingerprint density at radius 1 is 1.50 bits per heavy atom. The van der Waals surface area contributed by atoms with Crippen LogP contribution in [0.1, 0.15) is 27.2 Å². The van der Waals surface area contributed by atoms with Gasteiger partial charge >= 0.3 is 0 Å². The Morgan fingerprint density at radius 2 is 2.21 bits per heavy atom. The maximum absolute atomic E-state index is 10.4. The van der Waals surface area contributed by atoms with Gasteiger partial charge in [-0.3, -0.25) is 0 Å². The minimum absolute atomic E-state index is 0.110. The average molecular weight is 228 g/mol. The monoisotopic (exact) mass is 228 g/mol. The van der Waals surface area contributed by atoms with Crippen LogP contribution in [0.4, 0.5) is 0 Å². The summed E-state index contributed by atoms with van der Waals surface area (Å²) in [5.41, 5.74) is 0.240. The van der Waals surface area contributed by atoms with Crippen LogP contribution in [-0.4, -0.2) is 25.3 Å². The number of rotatable bonds is 2. The third-order valence-corrected chi connectivity index (χ3v) is 7.66. The number of fused-ring (bicyclic) bond motifs is 3. The molecule has 2 fully saturated rings. The molecule has 4 atom stereocenters. The molecule has 3 rings (SSSR count). The zero-order valence-electron chi connectivity index (χ0n) is 8.78. The van der Waals surface area contributed by atoms with E-state index in [1.807, 2.05) is 17.8 Å². The van der Waals surface area contributed by atoms with Gasteiger partial charge in [-0.25, -0.2) is 0 Å². The molecule has 0 amide bonds. The first kappa shape index (κ1) is 9.61. The van der Waals surface area contributed by atoms with Crippen LogP contribution in [0.5, 0.6) is 0 Å². The Labute approximate surface area is 93.7 Å². The third kappa shape index (κ3) is 0.856. The van der Waals surface area contributed by atoms with Crippen molar-refractivity contribution in [3.05, 3.63) is 12.2 Å². The van der Waals surface area contributed by atoms with Gasteiger partial charge in [-0.2, -0.15) is 0 Å². The van der Waals surface area contributed by atoms with Crippen molar-refractivity contribution >= 4 is 23.5 Å². The van der Waals surface area contributed by atoms with Gasteiger partial charge in [0.2, 0.25) is 0 Å². The summed E-state index contributed by atoms with van der Waals surface area (Å²) in [6, 6.07) is 0. The summed E-state index contributed by atoms with van der Waals surface area (Å²) >= 11 is 3.80. The molecule has 1 N–H and O–H groups in total. The van der Waals surface area contributed by atoms with E-state index >= 15 is 0 Å². The molecule has 3 heteroatoms. The van der Waals surface area contributed by atoms with E-state index < -0.39 is 4.93 Å². The summed E-state index contributed by atoms with van der Waals surface area (Å²) in [5.74, 6) is 0. The largest absolute Gasteiger partial charge is 0.374 e. The van der Waals surface area contributed by atoms with E-state index in [2.05, 4.69) is 26.8 Å². The van der Waals surface area contributed by atoms with Crippen LogP contribution in [0.2, 0.25) is 0 Å². The van der Waals surface area contributed by atoms with Crippen molar-refractivity contribution in [2.45, 2.75) is 47.4 Å². The van der Waals surface area contributed by atoms with Crippen LogP contribution in [0.3, 0.4) is 0 Å². The lowest BCUT2D eigenvalue weighted by molar-refractivity contribution is 0.113. The Bertz CT molecular complexity index is 325. The van der Waals surface area contributed by atoms with E-state index in [-0.39, 0.29) is 10.2 Å². The maximum atomic E-state index is 10.4. The second-order valence-corrected chi connectivity index (χ2v) is 7.95. The van der Waals surface area contributed by atoms with Crippen LogP contribution in [0.25, 0.3) is 0 Å². The molecular formula is C11H16OS2. The topological polar surface area (TPSA) is 20.2 Å². The lowest BCUT2D eigenvalue weighted by atomic mass is 9.70. The Kier molecular flexibility index (Phi) is 1.64. The first-order valence-corrected chi connectivity index (χ1v) is 7.00. The predicted molar refractivity (Wildman–Crippen MR) is 63.7 cm³/mol. The fourth-order valence-electron chi connectivity index (χ4n) is 2.73. The number of aliphatic hydroxyl groups is 1. The van der Waals surface area contributed by atoms with Crippen LogP contribution >= 0.6 is 23.5 Å². The zero-order chi connectivity index (χ0) is 10.2. The molecule has 2 saturated heterocycles. The summed E-state index contributed by atoms with van der Waals surface area (Å²) < 4.78 is 0.110. The zero-order valence-corrected chi connectivity index (χ0v) is 10.4. The van der Waals surface area contributed by atoms with Crippen molar-refractivity contribution in [2.75, 3.05) is 0 Å². The molecule has 0 aromatic heterocycles. The molecule has 1 aliphatic carbocycles. The van der Waals surface area contributed by atoms with Gasteiger partial charge in [-0.05, 0) is 17.9 Å². The molecule has 0 saturated carbocycles. The van der Waals surface area contributed by atoms with E-state index in [9.17, 15) is 5.11 Å². The first-order chi connectivity index (χ1) is 6.47. The van der Waals surface area contributed by atoms with E-state index in [0.717, 1.165) is 6.42 Å². The minimum Gasteiger partial charge on any atom is -0.374 e. The molecule has 0 spiro atoms. The lowest BCUT2D eigenvalue weighted by Gasteiger charge is -2.35. The van der Waals surface area contributed by atoms with Crippen LogP contribution in [0, 0.1) is 5.41 Å². The van der Waals surface area contributed by atoms with Gasteiger partial charge in [0.1, 0.15) is 4.93 Å². The van der Waals surface area contributed by atoms with Crippen LogP contribution in [-0.2, 0) is 0 Å². The highest BCUT2D eigenvalue weighted by molar-refractivity contribution is 8.14. The van der Waals surface area contributed by atoms with Crippen molar-refractivity contribution in [1.82, 2.24) is 0 Å². The molecule has 0 bridgehead atoms. The SMILES string of the molecule is CCC(C)(C)C12SC1(O)C=CC1SC12. The number of thioether (sulfide) groups is 2. The van der Waals surface area contributed by atoms with Gasteiger partial charge in [-0.15, -0.1) is 23.5 Å². The van der Waals surface area contributed by atoms with Crippen LogP contribution in [0.15, 0.2) is 12.2 Å². The number of hydrogen-bond acceptors (Lipinski definition) is 3. The standard InChI is InChI=1S/C11H16OS2/c1-4-9(2,3)11-8-7(13-8)5-6-10(11,12)14-11/h5-8,12H,4H2,1-3H3. The highest BCUT2D eigenvalue weighted by Crippen LogP contribution is 2.81. The third-order valence-electron chi connectivity index (χ3n) is 4.13. The van der Waals surface area contributed by atoms with Crippen LogP contribution < -0.4 is 0 Å². The summed E-state index contributed by atoms with van der Waals surface area (Å²) in [6.07, 6.45) is 5.37. The summed E-state index contributed by atoms with van der Waals surface area (Å²) in [5, 5.41) is 11.8. The molecule has 1 nitrogen and oxygen atoms in total. The predicted octanol–water partition coefficient (Wildman–Crippen LogP) is 2.65. The Morgan fingerprint density at radius 3 is 2.86 bits per heavy atom. The quantitative estimate of drug-likeness (QED) is 0.579. The van der Waals surface area contributed by atoms with Crippen molar-refractivity contribution < 1.29 is 5.11 Å². The van der Waals surface area contributed by atoms with E-state index in [0.29, 0.717) is 10.5 Å². The summed E-state index contributed by atoms with van der Waals surface area (Å²) in [7, 11) is 0. The van der Waals surface area contributed by atoms with Gasteiger partial charge in [0, 0.05) is 10.5 Å². The lowest BCUT2D eigenvalue weighted by Crippen LogP contribution is -2.45. The molecule has 14 heavy (non-hydrogen) atoms. The van der Waals surface area contributed by atoms with Crippen molar-refractivity contribution in [1.29, 1.82) is 0 Å². The Balaban J connectivity index is 2.03. The normalized spacial score (nSPS) is 53.7. The second kappa shape index (κ2) is 2.38. The molecule has 0 aromatic rings. The van der Waals surface area contributed by atoms with Gasteiger partial charge in [0.15, 0.2) is 0 Å². The Hall–Kier alpha value is 0.400. The van der Waals surface area contributed by atoms with Gasteiger partial charge < -0.3 is 5.11 Å². The van der Waals surface area contributed by atoms with E-state index in [4.69, 9.17) is 0 Å². The van der Waals surface area contributed by atoms with Gasteiger partial charge in [0.05, 0.1) is 4.75 Å². The second-order valence-electron chi connectivity index (χ2n) is 5.15.